The van der Waals surface area contributed by atoms with E-state index in [0.29, 0.717) is 43.9 Å². The van der Waals surface area contributed by atoms with Gasteiger partial charge in [-0.3, -0.25) is 9.59 Å². The molecule has 5 atom stereocenters. The number of ketones is 1. The van der Waals surface area contributed by atoms with E-state index in [1.54, 1.807) is 0 Å². The van der Waals surface area contributed by atoms with E-state index in [-0.39, 0.29) is 29.8 Å². The molecule has 3 rings (SSSR count). The van der Waals surface area contributed by atoms with Crippen LogP contribution in [0.4, 0.5) is 4.79 Å². The lowest BCUT2D eigenvalue weighted by Gasteiger charge is -2.20. The van der Waals surface area contributed by atoms with Crippen LogP contribution in [0.5, 0.6) is 0 Å². The van der Waals surface area contributed by atoms with Gasteiger partial charge in [-0.25, -0.2) is 4.79 Å². The molecule has 0 bridgehead atoms. The van der Waals surface area contributed by atoms with Crippen molar-refractivity contribution in [3.05, 3.63) is 35.9 Å². The van der Waals surface area contributed by atoms with E-state index in [0.717, 1.165) is 36.9 Å². The van der Waals surface area contributed by atoms with E-state index in [1.807, 2.05) is 42.1 Å². The van der Waals surface area contributed by atoms with Gasteiger partial charge >= 0.3 is 6.03 Å². The molecular formula is C25H36N4O4S. The number of unbranched alkanes of at least 4 members (excludes halogenated alkanes) is 2. The lowest BCUT2D eigenvalue weighted by atomic mass is 9.92. The zero-order valence-corrected chi connectivity index (χ0v) is 20.4. The first kappa shape index (κ1) is 26.2. The summed E-state index contributed by atoms with van der Waals surface area (Å²) in [6, 6.07) is 9.09. The van der Waals surface area contributed by atoms with Crippen LogP contribution in [0.1, 0.15) is 50.5 Å². The van der Waals surface area contributed by atoms with Gasteiger partial charge in [0.25, 0.3) is 0 Å². The van der Waals surface area contributed by atoms with Crippen LogP contribution in [0.15, 0.2) is 30.3 Å². The van der Waals surface area contributed by atoms with Crippen molar-refractivity contribution >= 4 is 35.8 Å². The molecule has 0 spiro atoms. The number of carbonyl (C=O) groups is 4. The Bertz CT molecular complexity index is 837. The van der Waals surface area contributed by atoms with Crippen molar-refractivity contribution in [3.8, 4) is 0 Å². The fourth-order valence-corrected chi connectivity index (χ4v) is 6.22. The van der Waals surface area contributed by atoms with Crippen LogP contribution in [0.3, 0.4) is 0 Å². The zero-order chi connectivity index (χ0) is 24.3. The zero-order valence-electron chi connectivity index (χ0n) is 19.5. The Morgan fingerprint density at radius 3 is 2.68 bits per heavy atom. The summed E-state index contributed by atoms with van der Waals surface area (Å²) in [4.78, 5) is 49.0. The maximum absolute atomic E-state index is 13.0. The predicted molar refractivity (Wildman–Crippen MR) is 134 cm³/mol. The van der Waals surface area contributed by atoms with Crippen LogP contribution >= 0.6 is 11.8 Å². The monoisotopic (exact) mass is 488 g/mol. The Balaban J connectivity index is 1.47. The van der Waals surface area contributed by atoms with Crippen molar-refractivity contribution in [1.82, 2.24) is 16.0 Å². The Morgan fingerprint density at radius 1 is 1.15 bits per heavy atom. The Hall–Kier alpha value is -2.39. The number of nitrogens with one attached hydrogen (secondary N) is 3. The molecule has 1 aromatic rings. The molecule has 186 valence electrons. The molecular weight excluding hydrogens is 452 g/mol. The molecule has 0 radical (unpaired) electrons. The van der Waals surface area contributed by atoms with Gasteiger partial charge in [-0.15, -0.1) is 0 Å². The van der Waals surface area contributed by atoms with Gasteiger partial charge in [-0.2, -0.15) is 11.8 Å². The van der Waals surface area contributed by atoms with E-state index < -0.39 is 12.0 Å². The van der Waals surface area contributed by atoms with Crippen molar-refractivity contribution in [2.75, 3.05) is 12.3 Å². The molecule has 3 amide bonds. The molecule has 9 heteroatoms. The van der Waals surface area contributed by atoms with Gasteiger partial charge in [0.05, 0.1) is 24.0 Å². The number of carbonyl (C=O) groups excluding carboxylic acids is 4. The largest absolute Gasteiger partial charge is 0.346 e. The topological polar surface area (TPSA) is 130 Å². The van der Waals surface area contributed by atoms with Crippen LogP contribution in [0, 0.1) is 5.92 Å². The fraction of sp³-hybridized carbons (Fsp3) is 0.600. The van der Waals surface area contributed by atoms with Crippen LogP contribution in [-0.2, 0) is 20.8 Å². The smallest absolute Gasteiger partial charge is 0.315 e. The van der Waals surface area contributed by atoms with Crippen molar-refractivity contribution in [3.63, 3.8) is 0 Å². The summed E-state index contributed by atoms with van der Waals surface area (Å²) in [5.41, 5.74) is 6.54. The summed E-state index contributed by atoms with van der Waals surface area (Å²) >= 11 is 1.86. The predicted octanol–water partition coefficient (Wildman–Crippen LogP) is 1.95. The third-order valence-electron chi connectivity index (χ3n) is 6.54. The third-order valence-corrected chi connectivity index (χ3v) is 8.05. The molecule has 1 aromatic carbocycles. The highest BCUT2D eigenvalue weighted by molar-refractivity contribution is 8.00. The SMILES string of the molecule is NCCCCC(C(=O)CCCC[C@@H]1SC[C@@H]2NC(=O)N[C@@H]21)C(=O)N[C@H](C=O)Cc1ccccc1. The van der Waals surface area contributed by atoms with Gasteiger partial charge in [-0.05, 0) is 44.2 Å². The van der Waals surface area contributed by atoms with Gasteiger partial charge in [-0.1, -0.05) is 43.2 Å². The van der Waals surface area contributed by atoms with Gasteiger partial charge < -0.3 is 26.5 Å². The number of rotatable bonds is 15. The van der Waals surface area contributed by atoms with Gasteiger partial charge in [0.1, 0.15) is 12.1 Å². The first-order valence-corrected chi connectivity index (χ1v) is 13.3. The summed E-state index contributed by atoms with van der Waals surface area (Å²) in [5, 5.41) is 9.06. The van der Waals surface area contributed by atoms with Crippen LogP contribution in [0.25, 0.3) is 0 Å². The third kappa shape index (κ3) is 7.56. The molecule has 2 saturated heterocycles. The van der Waals surface area contributed by atoms with Gasteiger partial charge in [0.2, 0.25) is 5.91 Å². The number of benzene rings is 1. The number of fused-ring (bicyclic) bond motifs is 1. The minimum absolute atomic E-state index is 0.0772. The number of aldehydes is 1. The highest BCUT2D eigenvalue weighted by atomic mass is 32.2. The summed E-state index contributed by atoms with van der Waals surface area (Å²) in [6.07, 6.45) is 5.84. The average molecular weight is 489 g/mol. The van der Waals surface area contributed by atoms with E-state index >= 15 is 0 Å². The first-order chi connectivity index (χ1) is 16.5. The normalized spacial score (nSPS) is 22.9. The lowest BCUT2D eigenvalue weighted by molar-refractivity contribution is -0.135. The molecule has 1 unspecified atom stereocenters. The van der Waals surface area contributed by atoms with Crippen molar-refractivity contribution in [1.29, 1.82) is 0 Å². The molecule has 2 aliphatic heterocycles. The summed E-state index contributed by atoms with van der Waals surface area (Å²) < 4.78 is 0. The van der Waals surface area contributed by atoms with E-state index in [1.165, 1.54) is 0 Å². The molecule has 0 saturated carbocycles. The minimum atomic E-state index is -0.756. The number of nitrogens with two attached hydrogens (primary N) is 1. The molecule has 2 heterocycles. The van der Waals surface area contributed by atoms with E-state index in [2.05, 4.69) is 16.0 Å². The summed E-state index contributed by atoms with van der Waals surface area (Å²) in [6.45, 7) is 0.514. The maximum atomic E-state index is 13.0. The van der Waals surface area contributed by atoms with Crippen molar-refractivity contribution in [2.45, 2.75) is 74.7 Å². The van der Waals surface area contributed by atoms with Crippen LogP contribution < -0.4 is 21.7 Å². The summed E-state index contributed by atoms with van der Waals surface area (Å²) in [5.74, 6) is -0.291. The van der Waals surface area contributed by atoms with Gasteiger partial charge in [0.15, 0.2) is 0 Å². The first-order valence-electron chi connectivity index (χ1n) is 12.2. The van der Waals surface area contributed by atoms with E-state index in [9.17, 15) is 19.2 Å². The average Bonchev–Trinajstić information content (AvgIpc) is 3.38. The Kier molecular flexibility index (Phi) is 10.4. The number of hydrogen-bond acceptors (Lipinski definition) is 6. The Labute approximate surface area is 205 Å². The molecule has 5 N–H and O–H groups in total. The van der Waals surface area contributed by atoms with E-state index in [4.69, 9.17) is 5.73 Å². The second kappa shape index (κ2) is 13.5. The van der Waals surface area contributed by atoms with Gasteiger partial charge in [0, 0.05) is 17.4 Å². The standard InChI is InChI=1S/C25H36N4O4S/c26-13-7-6-10-19(24(32)27-18(15-30)14-17-8-2-1-3-9-17)21(31)11-4-5-12-22-23-20(16-34-22)28-25(33)29-23/h1-3,8-9,15,18-20,22-23H,4-7,10-14,16,26H2,(H,27,32)(H2,28,29,33)/t18-,19?,20-,22-,23-/m0/s1. The molecule has 34 heavy (non-hydrogen) atoms. The number of thioether (sulfide) groups is 1. The quantitative estimate of drug-likeness (QED) is 0.129. The highest BCUT2D eigenvalue weighted by Crippen LogP contribution is 2.33. The number of Topliss-reactive ketones (excluding diaryl/α,β-unsaturated/α-hetero) is 1. The lowest BCUT2D eigenvalue weighted by Crippen LogP contribution is -2.43. The van der Waals surface area contributed by atoms with Crippen molar-refractivity contribution in [2.24, 2.45) is 11.7 Å². The molecule has 0 aliphatic carbocycles. The van der Waals surface area contributed by atoms with Crippen molar-refractivity contribution < 1.29 is 19.2 Å². The molecule has 2 fully saturated rings. The second-order valence-corrected chi connectivity index (χ2v) is 10.4. The number of urea groups is 1. The molecule has 0 aromatic heterocycles. The Morgan fingerprint density at radius 2 is 1.94 bits per heavy atom. The fourth-order valence-electron chi connectivity index (χ4n) is 4.68. The number of hydrogen-bond donors (Lipinski definition) is 4. The second-order valence-electron chi connectivity index (χ2n) is 9.11. The van der Waals surface area contributed by atoms with Crippen LogP contribution in [0.2, 0.25) is 0 Å². The maximum Gasteiger partial charge on any atom is 0.315 e. The minimum Gasteiger partial charge on any atom is -0.346 e. The number of amides is 3. The highest BCUT2D eigenvalue weighted by Gasteiger charge is 2.42. The molecule has 2 aliphatic rings. The van der Waals surface area contributed by atoms with Crippen LogP contribution in [-0.4, -0.2) is 59.7 Å². The summed E-state index contributed by atoms with van der Waals surface area (Å²) in [7, 11) is 0. The molecule has 8 nitrogen and oxygen atoms in total.